The molecule has 2 heterocycles. The van der Waals surface area contributed by atoms with Gasteiger partial charge in [-0.1, -0.05) is 31.9 Å². The van der Waals surface area contributed by atoms with Crippen molar-refractivity contribution < 1.29 is 23.6 Å². The molecule has 1 saturated carbocycles. The first-order valence-electron chi connectivity index (χ1n) is 10.7. The summed E-state index contributed by atoms with van der Waals surface area (Å²) < 4.78 is 5.20. The maximum absolute atomic E-state index is 13.1. The standard InChI is InChI=1S/C23H26N4O5/c1-15-7-4-5-11-23(15)21(30)27(22(31)26-23)14-19(28)25-18-10-3-2-9-17(18)20(29)24-13-16-8-6-12-32-16/h2-3,6,8-10,12,15H,4-5,7,11,13-14H2,1H3,(H,24,29)(H,25,28)(H,26,31)/t15-,23+/m0/s1. The van der Waals surface area contributed by atoms with Crippen LogP contribution in [0.15, 0.2) is 47.1 Å². The fraction of sp³-hybridized carbons (Fsp3) is 0.391. The Morgan fingerprint density at radius 3 is 2.75 bits per heavy atom. The van der Waals surface area contributed by atoms with E-state index in [1.807, 2.05) is 6.92 Å². The SMILES string of the molecule is C[C@H]1CCCC[C@@]12NC(=O)N(CC(=O)Nc1ccccc1C(=O)NCc1ccco1)C2=O. The maximum atomic E-state index is 13.1. The normalized spacial score (nSPS) is 22.7. The molecule has 1 saturated heterocycles. The van der Waals surface area contributed by atoms with Gasteiger partial charge in [-0.2, -0.15) is 0 Å². The van der Waals surface area contributed by atoms with E-state index < -0.39 is 24.0 Å². The largest absolute Gasteiger partial charge is 0.467 e. The van der Waals surface area contributed by atoms with Crippen LogP contribution < -0.4 is 16.0 Å². The first-order chi connectivity index (χ1) is 15.4. The zero-order valence-corrected chi connectivity index (χ0v) is 17.8. The Bertz CT molecular complexity index is 1030. The molecule has 1 aliphatic heterocycles. The van der Waals surface area contributed by atoms with E-state index in [0.29, 0.717) is 17.9 Å². The lowest BCUT2D eigenvalue weighted by atomic mass is 9.73. The van der Waals surface area contributed by atoms with Crippen LogP contribution in [0, 0.1) is 5.92 Å². The number of para-hydroxylation sites is 1. The minimum atomic E-state index is -0.917. The number of benzene rings is 1. The van der Waals surface area contributed by atoms with Gasteiger partial charge in [0.25, 0.3) is 11.8 Å². The van der Waals surface area contributed by atoms with Crippen molar-refractivity contribution in [3.05, 3.63) is 54.0 Å². The summed E-state index contributed by atoms with van der Waals surface area (Å²) in [5, 5.41) is 8.22. The van der Waals surface area contributed by atoms with Gasteiger partial charge in [0.2, 0.25) is 5.91 Å². The molecular weight excluding hydrogens is 412 g/mol. The summed E-state index contributed by atoms with van der Waals surface area (Å²) in [6, 6.07) is 9.46. The van der Waals surface area contributed by atoms with Gasteiger partial charge in [-0.05, 0) is 43.0 Å². The summed E-state index contributed by atoms with van der Waals surface area (Å²) in [6.07, 6.45) is 4.83. The molecule has 9 nitrogen and oxygen atoms in total. The van der Waals surface area contributed by atoms with Gasteiger partial charge < -0.3 is 20.4 Å². The highest BCUT2D eigenvalue weighted by Crippen LogP contribution is 2.38. The highest BCUT2D eigenvalue weighted by molar-refractivity contribution is 6.11. The summed E-state index contributed by atoms with van der Waals surface area (Å²) in [5.74, 6) is -0.680. The number of hydrogen-bond acceptors (Lipinski definition) is 5. The third-order valence-corrected chi connectivity index (χ3v) is 6.25. The summed E-state index contributed by atoms with van der Waals surface area (Å²) in [6.45, 7) is 1.75. The van der Waals surface area contributed by atoms with Crippen molar-refractivity contribution in [2.75, 3.05) is 11.9 Å². The minimum Gasteiger partial charge on any atom is -0.467 e. The van der Waals surface area contributed by atoms with Gasteiger partial charge in [0.05, 0.1) is 24.1 Å². The van der Waals surface area contributed by atoms with Gasteiger partial charge >= 0.3 is 6.03 Å². The molecule has 0 radical (unpaired) electrons. The molecule has 2 aromatic rings. The maximum Gasteiger partial charge on any atom is 0.325 e. The predicted octanol–water partition coefficient (Wildman–Crippen LogP) is 2.65. The molecule has 32 heavy (non-hydrogen) atoms. The van der Waals surface area contributed by atoms with Crippen molar-refractivity contribution in [3.63, 3.8) is 0 Å². The van der Waals surface area contributed by atoms with Crippen LogP contribution in [0.5, 0.6) is 0 Å². The average molecular weight is 438 g/mol. The lowest BCUT2D eigenvalue weighted by Crippen LogP contribution is -2.54. The van der Waals surface area contributed by atoms with Crippen LogP contribution in [0.1, 0.15) is 48.7 Å². The molecule has 168 valence electrons. The highest BCUT2D eigenvalue weighted by Gasteiger charge is 2.55. The monoisotopic (exact) mass is 438 g/mol. The fourth-order valence-electron chi connectivity index (χ4n) is 4.44. The summed E-state index contributed by atoms with van der Waals surface area (Å²) in [4.78, 5) is 51.8. The Balaban J connectivity index is 1.42. The van der Waals surface area contributed by atoms with Crippen LogP contribution in [0.2, 0.25) is 0 Å². The van der Waals surface area contributed by atoms with E-state index in [1.54, 1.807) is 36.4 Å². The second kappa shape index (κ2) is 8.86. The molecule has 0 bridgehead atoms. The van der Waals surface area contributed by atoms with Crippen LogP contribution in [0.25, 0.3) is 0 Å². The number of rotatable bonds is 6. The number of carbonyl (C=O) groups excluding carboxylic acids is 4. The van der Waals surface area contributed by atoms with E-state index >= 15 is 0 Å². The Labute approximate surface area is 185 Å². The smallest absolute Gasteiger partial charge is 0.325 e. The summed E-state index contributed by atoms with van der Waals surface area (Å²) in [7, 11) is 0. The third-order valence-electron chi connectivity index (χ3n) is 6.25. The predicted molar refractivity (Wildman–Crippen MR) is 116 cm³/mol. The van der Waals surface area contributed by atoms with Gasteiger partial charge in [0, 0.05) is 0 Å². The second-order valence-corrected chi connectivity index (χ2v) is 8.30. The summed E-state index contributed by atoms with van der Waals surface area (Å²) in [5.41, 5.74) is -0.358. The number of nitrogens with one attached hydrogen (secondary N) is 3. The van der Waals surface area contributed by atoms with E-state index in [4.69, 9.17) is 4.42 Å². The Morgan fingerprint density at radius 2 is 2.00 bits per heavy atom. The van der Waals surface area contributed by atoms with E-state index in [9.17, 15) is 19.2 Å². The zero-order chi connectivity index (χ0) is 22.7. The van der Waals surface area contributed by atoms with Gasteiger partial charge in [-0.25, -0.2) is 4.79 Å². The van der Waals surface area contributed by atoms with Crippen LogP contribution in [0.3, 0.4) is 0 Å². The van der Waals surface area contributed by atoms with Crippen molar-refractivity contribution in [3.8, 4) is 0 Å². The third kappa shape index (κ3) is 4.10. The Morgan fingerprint density at radius 1 is 1.19 bits per heavy atom. The number of hydrogen-bond donors (Lipinski definition) is 3. The van der Waals surface area contributed by atoms with Crippen molar-refractivity contribution in [1.82, 2.24) is 15.5 Å². The molecule has 0 unspecified atom stereocenters. The average Bonchev–Trinajstić information content (AvgIpc) is 3.38. The van der Waals surface area contributed by atoms with Crippen molar-refractivity contribution in [2.45, 2.75) is 44.7 Å². The molecule has 1 aromatic heterocycles. The van der Waals surface area contributed by atoms with Gasteiger partial charge in [0.1, 0.15) is 17.8 Å². The second-order valence-electron chi connectivity index (χ2n) is 8.30. The van der Waals surface area contributed by atoms with Crippen LogP contribution in [0.4, 0.5) is 10.5 Å². The number of urea groups is 1. The summed E-state index contributed by atoms with van der Waals surface area (Å²) >= 11 is 0. The molecule has 4 rings (SSSR count). The van der Waals surface area contributed by atoms with E-state index in [0.717, 1.165) is 24.2 Å². The minimum absolute atomic E-state index is 0.0133. The number of imide groups is 1. The number of furan rings is 1. The molecule has 1 spiro atoms. The molecule has 2 fully saturated rings. The number of anilines is 1. The lowest BCUT2D eigenvalue weighted by molar-refractivity contribution is -0.136. The number of carbonyl (C=O) groups is 4. The van der Waals surface area contributed by atoms with Crippen molar-refractivity contribution >= 4 is 29.4 Å². The van der Waals surface area contributed by atoms with Gasteiger partial charge in [0.15, 0.2) is 0 Å². The molecule has 2 aliphatic rings. The number of amides is 5. The topological polar surface area (TPSA) is 121 Å². The number of nitrogens with zero attached hydrogens (tertiary/aromatic N) is 1. The van der Waals surface area contributed by atoms with Gasteiger partial charge in [-0.15, -0.1) is 0 Å². The van der Waals surface area contributed by atoms with E-state index in [2.05, 4.69) is 16.0 Å². The molecule has 3 N–H and O–H groups in total. The Hall–Kier alpha value is -3.62. The lowest BCUT2D eigenvalue weighted by Gasteiger charge is -2.36. The molecular formula is C23H26N4O5. The van der Waals surface area contributed by atoms with Crippen LogP contribution >= 0.6 is 0 Å². The molecule has 2 atom stereocenters. The van der Waals surface area contributed by atoms with E-state index in [1.165, 1.54) is 6.26 Å². The first kappa shape index (κ1) is 21.6. The quantitative estimate of drug-likeness (QED) is 0.599. The van der Waals surface area contributed by atoms with Gasteiger partial charge in [-0.3, -0.25) is 19.3 Å². The zero-order valence-electron chi connectivity index (χ0n) is 17.8. The first-order valence-corrected chi connectivity index (χ1v) is 10.7. The molecule has 9 heteroatoms. The van der Waals surface area contributed by atoms with Crippen LogP contribution in [-0.2, 0) is 16.1 Å². The molecule has 1 aromatic carbocycles. The van der Waals surface area contributed by atoms with Crippen molar-refractivity contribution in [2.24, 2.45) is 5.92 Å². The van der Waals surface area contributed by atoms with Crippen LogP contribution in [-0.4, -0.2) is 40.7 Å². The van der Waals surface area contributed by atoms with Crippen molar-refractivity contribution in [1.29, 1.82) is 0 Å². The molecule has 1 aliphatic carbocycles. The Kier molecular flexibility index (Phi) is 5.98. The molecule has 5 amide bonds. The highest BCUT2D eigenvalue weighted by atomic mass is 16.3. The van der Waals surface area contributed by atoms with E-state index in [-0.39, 0.29) is 29.8 Å². The fourth-order valence-corrected chi connectivity index (χ4v) is 4.44.